The second-order valence-electron chi connectivity index (χ2n) is 4.18. The molecule has 19 heavy (non-hydrogen) atoms. The van der Waals surface area contributed by atoms with E-state index in [0.717, 1.165) is 6.54 Å². The topological polar surface area (TPSA) is 76.4 Å². The highest BCUT2D eigenvalue weighted by Gasteiger charge is 2.08. The Labute approximate surface area is 113 Å². The van der Waals surface area contributed by atoms with E-state index in [4.69, 9.17) is 10.4 Å². The third-order valence-electron chi connectivity index (χ3n) is 2.74. The molecule has 0 radical (unpaired) electrons. The summed E-state index contributed by atoms with van der Waals surface area (Å²) in [5, 5.41) is 20.2. The molecule has 0 aliphatic rings. The standard InChI is InChI=1S/C14H19N3O2/c1-2-17(8-3-9-18)11-14(19)16-13-6-4-12(10-15)5-7-13/h4-7,18H,2-3,8-9,11H2,1H3,(H,16,19). The van der Waals surface area contributed by atoms with Gasteiger partial charge in [0.2, 0.25) is 5.91 Å². The van der Waals surface area contributed by atoms with E-state index in [1.54, 1.807) is 24.3 Å². The van der Waals surface area contributed by atoms with E-state index in [1.165, 1.54) is 0 Å². The van der Waals surface area contributed by atoms with Crippen LogP contribution in [0.3, 0.4) is 0 Å². The Bertz CT molecular complexity index is 437. The van der Waals surface area contributed by atoms with Crippen LogP contribution in [0.1, 0.15) is 18.9 Å². The molecule has 0 heterocycles. The van der Waals surface area contributed by atoms with Crippen LogP contribution in [0, 0.1) is 11.3 Å². The Kier molecular flexibility index (Phi) is 6.58. The number of likely N-dealkylation sites (N-methyl/N-ethyl adjacent to an activating group) is 1. The Morgan fingerprint density at radius 2 is 2.11 bits per heavy atom. The lowest BCUT2D eigenvalue weighted by molar-refractivity contribution is -0.117. The van der Waals surface area contributed by atoms with Crippen LogP contribution < -0.4 is 5.32 Å². The average molecular weight is 261 g/mol. The van der Waals surface area contributed by atoms with Gasteiger partial charge in [-0.15, -0.1) is 0 Å². The highest BCUT2D eigenvalue weighted by molar-refractivity contribution is 5.92. The van der Waals surface area contributed by atoms with E-state index < -0.39 is 0 Å². The fraction of sp³-hybridized carbons (Fsp3) is 0.429. The van der Waals surface area contributed by atoms with Crippen LogP contribution in [0.2, 0.25) is 0 Å². The minimum absolute atomic E-state index is 0.0931. The number of hydrogen-bond donors (Lipinski definition) is 2. The summed E-state index contributed by atoms with van der Waals surface area (Å²) in [6.07, 6.45) is 0.665. The molecule has 0 bridgehead atoms. The van der Waals surface area contributed by atoms with Gasteiger partial charge >= 0.3 is 0 Å². The summed E-state index contributed by atoms with van der Waals surface area (Å²) in [5.74, 6) is -0.0931. The molecule has 1 aromatic carbocycles. The summed E-state index contributed by atoms with van der Waals surface area (Å²) >= 11 is 0. The predicted octanol–water partition coefficient (Wildman–Crippen LogP) is 1.20. The lowest BCUT2D eigenvalue weighted by atomic mass is 10.2. The number of rotatable bonds is 7. The van der Waals surface area contributed by atoms with Crippen LogP contribution in [0.5, 0.6) is 0 Å². The number of amides is 1. The Balaban J connectivity index is 2.47. The molecule has 5 heteroatoms. The first-order valence-corrected chi connectivity index (χ1v) is 6.32. The molecule has 0 aliphatic carbocycles. The number of hydrogen-bond acceptors (Lipinski definition) is 4. The van der Waals surface area contributed by atoms with Gasteiger partial charge in [-0.2, -0.15) is 5.26 Å². The summed E-state index contributed by atoms with van der Waals surface area (Å²) in [6.45, 7) is 3.88. The lowest BCUT2D eigenvalue weighted by Crippen LogP contribution is -2.34. The molecule has 5 nitrogen and oxygen atoms in total. The number of aliphatic hydroxyl groups excluding tert-OH is 1. The smallest absolute Gasteiger partial charge is 0.238 e. The summed E-state index contributed by atoms with van der Waals surface area (Å²) in [6, 6.07) is 8.78. The van der Waals surface area contributed by atoms with Gasteiger partial charge in [0.05, 0.1) is 18.2 Å². The number of nitrogens with zero attached hydrogens (tertiary/aromatic N) is 2. The summed E-state index contributed by atoms with van der Waals surface area (Å²) in [7, 11) is 0. The first kappa shape index (κ1) is 15.2. The maximum Gasteiger partial charge on any atom is 0.238 e. The van der Waals surface area contributed by atoms with Crippen molar-refractivity contribution in [1.29, 1.82) is 5.26 Å². The van der Waals surface area contributed by atoms with Crippen molar-refractivity contribution in [2.45, 2.75) is 13.3 Å². The molecule has 0 atom stereocenters. The normalized spacial score (nSPS) is 10.2. The van der Waals surface area contributed by atoms with E-state index in [-0.39, 0.29) is 12.5 Å². The Morgan fingerprint density at radius 3 is 2.63 bits per heavy atom. The van der Waals surface area contributed by atoms with Gasteiger partial charge in [0, 0.05) is 18.8 Å². The zero-order valence-electron chi connectivity index (χ0n) is 11.1. The summed E-state index contributed by atoms with van der Waals surface area (Å²) in [4.78, 5) is 13.8. The highest BCUT2D eigenvalue weighted by Crippen LogP contribution is 2.08. The highest BCUT2D eigenvalue weighted by atomic mass is 16.3. The average Bonchev–Trinajstić information content (AvgIpc) is 2.44. The molecule has 1 aromatic rings. The van der Waals surface area contributed by atoms with E-state index in [9.17, 15) is 4.79 Å². The van der Waals surface area contributed by atoms with E-state index in [0.29, 0.717) is 30.8 Å². The SMILES string of the molecule is CCN(CCCO)CC(=O)Nc1ccc(C#N)cc1. The van der Waals surface area contributed by atoms with Gasteiger partial charge in [0.15, 0.2) is 0 Å². The van der Waals surface area contributed by atoms with Crippen molar-refractivity contribution in [3.8, 4) is 6.07 Å². The van der Waals surface area contributed by atoms with E-state index in [1.807, 2.05) is 17.9 Å². The Morgan fingerprint density at radius 1 is 1.42 bits per heavy atom. The van der Waals surface area contributed by atoms with Gasteiger partial charge in [-0.3, -0.25) is 9.69 Å². The Hall–Kier alpha value is -1.90. The van der Waals surface area contributed by atoms with Crippen LogP contribution in [-0.4, -0.2) is 42.2 Å². The molecular formula is C14H19N3O2. The summed E-state index contributed by atoms with van der Waals surface area (Å²) < 4.78 is 0. The van der Waals surface area contributed by atoms with Crippen molar-refractivity contribution in [2.75, 3.05) is 31.6 Å². The minimum Gasteiger partial charge on any atom is -0.396 e. The largest absolute Gasteiger partial charge is 0.396 e. The molecule has 1 rings (SSSR count). The third-order valence-corrected chi connectivity index (χ3v) is 2.74. The van der Waals surface area contributed by atoms with Gasteiger partial charge < -0.3 is 10.4 Å². The maximum absolute atomic E-state index is 11.8. The molecule has 2 N–H and O–H groups in total. The van der Waals surface area contributed by atoms with Gasteiger partial charge in [-0.1, -0.05) is 6.92 Å². The van der Waals surface area contributed by atoms with Crippen LogP contribution in [-0.2, 0) is 4.79 Å². The number of aliphatic hydroxyl groups is 1. The summed E-state index contributed by atoms with van der Waals surface area (Å²) in [5.41, 5.74) is 1.25. The van der Waals surface area contributed by atoms with Gasteiger partial charge in [-0.05, 0) is 37.2 Å². The number of carbonyl (C=O) groups excluding carboxylic acids is 1. The molecule has 0 aromatic heterocycles. The third kappa shape index (κ3) is 5.51. The zero-order valence-corrected chi connectivity index (χ0v) is 11.1. The molecule has 102 valence electrons. The van der Waals surface area contributed by atoms with Crippen molar-refractivity contribution < 1.29 is 9.90 Å². The van der Waals surface area contributed by atoms with Crippen molar-refractivity contribution in [3.63, 3.8) is 0 Å². The number of carbonyl (C=O) groups is 1. The molecule has 0 unspecified atom stereocenters. The molecule has 0 saturated carbocycles. The molecule has 0 aliphatic heterocycles. The van der Waals surface area contributed by atoms with Crippen LogP contribution >= 0.6 is 0 Å². The van der Waals surface area contributed by atoms with Crippen molar-refractivity contribution >= 4 is 11.6 Å². The second kappa shape index (κ2) is 8.25. The van der Waals surface area contributed by atoms with Gasteiger partial charge in [0.1, 0.15) is 0 Å². The molecular weight excluding hydrogens is 242 g/mol. The first-order chi connectivity index (χ1) is 9.19. The second-order valence-corrected chi connectivity index (χ2v) is 4.18. The van der Waals surface area contributed by atoms with Crippen molar-refractivity contribution in [2.24, 2.45) is 0 Å². The minimum atomic E-state index is -0.0931. The van der Waals surface area contributed by atoms with Crippen molar-refractivity contribution in [3.05, 3.63) is 29.8 Å². The van der Waals surface area contributed by atoms with Crippen molar-refractivity contribution in [1.82, 2.24) is 4.90 Å². The quantitative estimate of drug-likeness (QED) is 0.773. The van der Waals surface area contributed by atoms with Gasteiger partial charge in [-0.25, -0.2) is 0 Å². The van der Waals surface area contributed by atoms with Gasteiger partial charge in [0.25, 0.3) is 0 Å². The fourth-order valence-electron chi connectivity index (χ4n) is 1.67. The molecule has 0 saturated heterocycles. The maximum atomic E-state index is 11.8. The number of anilines is 1. The van der Waals surface area contributed by atoms with E-state index >= 15 is 0 Å². The lowest BCUT2D eigenvalue weighted by Gasteiger charge is -2.19. The van der Waals surface area contributed by atoms with Crippen LogP contribution in [0.25, 0.3) is 0 Å². The number of nitrogens with one attached hydrogen (secondary N) is 1. The molecule has 1 amide bonds. The van der Waals surface area contributed by atoms with Crippen LogP contribution in [0.15, 0.2) is 24.3 Å². The first-order valence-electron chi connectivity index (χ1n) is 6.32. The van der Waals surface area contributed by atoms with Crippen LogP contribution in [0.4, 0.5) is 5.69 Å². The monoisotopic (exact) mass is 261 g/mol. The number of benzene rings is 1. The number of nitriles is 1. The molecule has 0 fully saturated rings. The zero-order chi connectivity index (χ0) is 14.1. The molecule has 0 spiro atoms. The predicted molar refractivity (Wildman–Crippen MR) is 73.6 cm³/mol. The fourth-order valence-corrected chi connectivity index (χ4v) is 1.67. The van der Waals surface area contributed by atoms with E-state index in [2.05, 4.69) is 5.32 Å².